The molecule has 2 aromatic rings. The first-order valence-corrected chi connectivity index (χ1v) is 9.03. The van der Waals surface area contributed by atoms with Crippen LogP contribution in [0.3, 0.4) is 0 Å². The lowest BCUT2D eigenvalue weighted by molar-refractivity contribution is 0.100. The van der Waals surface area contributed by atoms with Crippen molar-refractivity contribution in [1.29, 1.82) is 0 Å². The third kappa shape index (κ3) is 4.64. The maximum absolute atomic E-state index is 12.1. The van der Waals surface area contributed by atoms with Gasteiger partial charge in [0.2, 0.25) is 15.9 Å². The highest BCUT2D eigenvalue weighted by Crippen LogP contribution is 2.21. The standard InChI is InChI=1S/C17H20N2O4S/c18-17(21)15-5-3-13(4-6-15)14-7-9-16(10-8-14)24(22,23)19-11-1-2-12-20/h3-10,19-20H,1-2,11-12H2,(H2,18,21). The molecule has 0 bridgehead atoms. The molecule has 0 atom stereocenters. The van der Waals surface area contributed by atoms with Gasteiger partial charge in [-0.2, -0.15) is 0 Å². The number of hydrogen-bond donors (Lipinski definition) is 3. The first-order chi connectivity index (χ1) is 11.4. The summed E-state index contributed by atoms with van der Waals surface area (Å²) in [6.07, 6.45) is 1.14. The van der Waals surface area contributed by atoms with Crippen LogP contribution in [-0.2, 0) is 10.0 Å². The van der Waals surface area contributed by atoms with E-state index in [2.05, 4.69) is 4.72 Å². The van der Waals surface area contributed by atoms with Crippen LogP contribution >= 0.6 is 0 Å². The van der Waals surface area contributed by atoms with Gasteiger partial charge in [-0.1, -0.05) is 24.3 Å². The van der Waals surface area contributed by atoms with Gasteiger partial charge in [0.25, 0.3) is 0 Å². The number of aliphatic hydroxyl groups excluding tert-OH is 1. The van der Waals surface area contributed by atoms with Gasteiger partial charge in [0.05, 0.1) is 4.90 Å². The average Bonchev–Trinajstić information content (AvgIpc) is 2.59. The van der Waals surface area contributed by atoms with Crippen LogP contribution in [0.15, 0.2) is 53.4 Å². The second kappa shape index (κ2) is 8.05. The van der Waals surface area contributed by atoms with Crippen molar-refractivity contribution in [3.63, 3.8) is 0 Å². The molecule has 0 fully saturated rings. The monoisotopic (exact) mass is 348 g/mol. The Kier molecular flexibility index (Phi) is 6.08. The Morgan fingerprint density at radius 2 is 1.50 bits per heavy atom. The van der Waals surface area contributed by atoms with Gasteiger partial charge < -0.3 is 10.8 Å². The highest BCUT2D eigenvalue weighted by Gasteiger charge is 2.13. The molecule has 0 aliphatic carbocycles. The number of carbonyl (C=O) groups excluding carboxylic acids is 1. The first-order valence-electron chi connectivity index (χ1n) is 7.55. The van der Waals surface area contributed by atoms with Crippen LogP contribution in [0.1, 0.15) is 23.2 Å². The fraction of sp³-hybridized carbons (Fsp3) is 0.235. The zero-order valence-electron chi connectivity index (χ0n) is 13.1. The van der Waals surface area contributed by atoms with Crippen LogP contribution < -0.4 is 10.5 Å². The molecule has 24 heavy (non-hydrogen) atoms. The SMILES string of the molecule is NC(=O)c1ccc(-c2ccc(S(=O)(=O)NCCCCO)cc2)cc1. The van der Waals surface area contributed by atoms with Gasteiger partial charge in [-0.25, -0.2) is 13.1 Å². The first kappa shape index (κ1) is 18.1. The number of aliphatic hydroxyl groups is 1. The molecule has 0 aliphatic rings. The van der Waals surface area contributed by atoms with Crippen molar-refractivity contribution < 1.29 is 18.3 Å². The molecule has 0 spiro atoms. The predicted molar refractivity (Wildman–Crippen MR) is 91.9 cm³/mol. The second-order valence-corrected chi connectivity index (χ2v) is 7.06. The van der Waals surface area contributed by atoms with Gasteiger partial charge in [0.15, 0.2) is 0 Å². The molecule has 4 N–H and O–H groups in total. The number of rotatable bonds is 8. The topological polar surface area (TPSA) is 109 Å². The summed E-state index contributed by atoms with van der Waals surface area (Å²) in [6, 6.07) is 13.3. The number of benzene rings is 2. The van der Waals surface area contributed by atoms with Crippen LogP contribution in [0.2, 0.25) is 0 Å². The smallest absolute Gasteiger partial charge is 0.248 e. The third-order valence-electron chi connectivity index (χ3n) is 3.54. The molecule has 0 saturated carbocycles. The molecule has 0 aliphatic heterocycles. The molecular formula is C17H20N2O4S. The van der Waals surface area contributed by atoms with Gasteiger partial charge in [-0.05, 0) is 48.2 Å². The molecule has 2 rings (SSSR count). The summed E-state index contributed by atoms with van der Waals surface area (Å²) in [6.45, 7) is 0.337. The van der Waals surface area contributed by atoms with Crippen molar-refractivity contribution in [3.8, 4) is 11.1 Å². The summed E-state index contributed by atoms with van der Waals surface area (Å²) in [5.74, 6) is -0.490. The van der Waals surface area contributed by atoms with E-state index in [4.69, 9.17) is 10.8 Å². The Morgan fingerprint density at radius 1 is 0.958 bits per heavy atom. The number of nitrogens with two attached hydrogens (primary N) is 1. The number of hydrogen-bond acceptors (Lipinski definition) is 4. The molecule has 0 heterocycles. The Labute approximate surface area is 141 Å². The molecule has 0 radical (unpaired) electrons. The minimum absolute atomic E-state index is 0.0466. The predicted octanol–water partition coefficient (Wildman–Crippen LogP) is 1.50. The number of carbonyl (C=O) groups is 1. The Morgan fingerprint density at radius 3 is 2.00 bits per heavy atom. The summed E-state index contributed by atoms with van der Waals surface area (Å²) >= 11 is 0. The van der Waals surface area contributed by atoms with Crippen LogP contribution in [0.25, 0.3) is 11.1 Å². The summed E-state index contributed by atoms with van der Waals surface area (Å²) in [7, 11) is -3.55. The lowest BCUT2D eigenvalue weighted by Crippen LogP contribution is -2.24. The van der Waals surface area contributed by atoms with E-state index in [1.54, 1.807) is 36.4 Å². The molecule has 0 unspecified atom stereocenters. The van der Waals surface area contributed by atoms with E-state index in [1.807, 2.05) is 0 Å². The van der Waals surface area contributed by atoms with E-state index < -0.39 is 15.9 Å². The van der Waals surface area contributed by atoms with Crippen LogP contribution in [0, 0.1) is 0 Å². The fourth-order valence-electron chi connectivity index (χ4n) is 2.18. The molecule has 7 heteroatoms. The average molecular weight is 348 g/mol. The van der Waals surface area contributed by atoms with Crippen molar-refractivity contribution in [2.24, 2.45) is 5.73 Å². The molecular weight excluding hydrogens is 328 g/mol. The Hall–Kier alpha value is -2.22. The van der Waals surface area contributed by atoms with Crippen LogP contribution in [0.4, 0.5) is 0 Å². The van der Waals surface area contributed by atoms with Crippen molar-refractivity contribution in [2.45, 2.75) is 17.7 Å². The van der Waals surface area contributed by atoms with E-state index in [0.29, 0.717) is 24.9 Å². The quantitative estimate of drug-likeness (QED) is 0.628. The second-order valence-electron chi connectivity index (χ2n) is 5.29. The van der Waals surface area contributed by atoms with E-state index in [0.717, 1.165) is 11.1 Å². The van der Waals surface area contributed by atoms with Crippen molar-refractivity contribution >= 4 is 15.9 Å². The lowest BCUT2D eigenvalue weighted by atomic mass is 10.0. The molecule has 1 amide bonds. The molecule has 6 nitrogen and oxygen atoms in total. The zero-order chi connectivity index (χ0) is 17.6. The Bertz CT molecular complexity index is 784. The van der Waals surface area contributed by atoms with Crippen LogP contribution in [0.5, 0.6) is 0 Å². The summed E-state index contributed by atoms with van der Waals surface area (Å²) in [5.41, 5.74) is 7.32. The normalized spacial score (nSPS) is 11.4. The van der Waals surface area contributed by atoms with Gasteiger partial charge in [0.1, 0.15) is 0 Å². The van der Waals surface area contributed by atoms with Crippen molar-refractivity contribution in [3.05, 3.63) is 54.1 Å². The number of sulfonamides is 1. The largest absolute Gasteiger partial charge is 0.396 e. The van der Waals surface area contributed by atoms with E-state index >= 15 is 0 Å². The molecule has 2 aromatic carbocycles. The van der Waals surface area contributed by atoms with Crippen LogP contribution in [-0.4, -0.2) is 32.6 Å². The lowest BCUT2D eigenvalue weighted by Gasteiger charge is -2.08. The number of unbranched alkanes of at least 4 members (excludes halogenated alkanes) is 1. The molecule has 0 saturated heterocycles. The fourth-order valence-corrected chi connectivity index (χ4v) is 3.25. The van der Waals surface area contributed by atoms with Gasteiger partial charge in [-0.15, -0.1) is 0 Å². The highest BCUT2D eigenvalue weighted by molar-refractivity contribution is 7.89. The third-order valence-corrected chi connectivity index (χ3v) is 5.02. The van der Waals surface area contributed by atoms with Crippen molar-refractivity contribution in [1.82, 2.24) is 4.72 Å². The molecule has 0 aromatic heterocycles. The van der Waals surface area contributed by atoms with Gasteiger partial charge in [0, 0.05) is 18.7 Å². The van der Waals surface area contributed by atoms with Gasteiger partial charge >= 0.3 is 0 Å². The minimum atomic E-state index is -3.55. The maximum atomic E-state index is 12.1. The summed E-state index contributed by atoms with van der Waals surface area (Å²) < 4.78 is 26.8. The van der Waals surface area contributed by atoms with E-state index in [1.165, 1.54) is 12.1 Å². The minimum Gasteiger partial charge on any atom is -0.396 e. The van der Waals surface area contributed by atoms with E-state index in [-0.39, 0.29) is 11.5 Å². The summed E-state index contributed by atoms with van der Waals surface area (Å²) in [5, 5.41) is 8.70. The van der Waals surface area contributed by atoms with E-state index in [9.17, 15) is 13.2 Å². The zero-order valence-corrected chi connectivity index (χ0v) is 13.9. The van der Waals surface area contributed by atoms with Crippen molar-refractivity contribution in [2.75, 3.05) is 13.2 Å². The maximum Gasteiger partial charge on any atom is 0.248 e. The van der Waals surface area contributed by atoms with Gasteiger partial charge in [-0.3, -0.25) is 4.79 Å². The highest BCUT2D eigenvalue weighted by atomic mass is 32.2. The summed E-state index contributed by atoms with van der Waals surface area (Å²) in [4.78, 5) is 11.3. The number of amides is 1. The molecule has 128 valence electrons. The number of primary amides is 1. The Balaban J connectivity index is 2.10. The number of nitrogens with one attached hydrogen (secondary N) is 1.